The van der Waals surface area contributed by atoms with E-state index in [1.54, 1.807) is 6.92 Å². The molecule has 2 aromatic heterocycles. The van der Waals surface area contributed by atoms with Crippen LogP contribution < -0.4 is 5.32 Å². The number of amides is 1. The molecule has 0 unspecified atom stereocenters. The molecule has 0 aliphatic rings. The van der Waals surface area contributed by atoms with Gasteiger partial charge < -0.3 is 9.84 Å². The molecule has 0 spiro atoms. The molecular weight excluding hydrogens is 318 g/mol. The minimum Gasteiger partial charge on any atom is -0.337 e. The summed E-state index contributed by atoms with van der Waals surface area (Å²) >= 11 is 4.71. The van der Waals surface area contributed by atoms with Crippen LogP contribution in [0.2, 0.25) is 0 Å². The van der Waals surface area contributed by atoms with Crippen LogP contribution in [0.1, 0.15) is 35.2 Å². The second kappa shape index (κ2) is 4.81. The summed E-state index contributed by atoms with van der Waals surface area (Å²) in [7, 11) is 0. The van der Waals surface area contributed by atoms with Gasteiger partial charge in [0.05, 0.1) is 0 Å². The zero-order valence-electron chi connectivity index (χ0n) is 10.2. The molecule has 0 bridgehead atoms. The molecule has 5 nitrogen and oxygen atoms in total. The Morgan fingerprint density at radius 1 is 1.56 bits per heavy atom. The summed E-state index contributed by atoms with van der Waals surface area (Å²) in [6.45, 7) is 5.37. The van der Waals surface area contributed by atoms with Gasteiger partial charge >= 0.3 is 0 Å². The number of aromatic nitrogens is 2. The van der Waals surface area contributed by atoms with Crippen molar-refractivity contribution >= 4 is 33.2 Å². The zero-order valence-corrected chi connectivity index (χ0v) is 12.6. The number of carbonyl (C=O) groups is 1. The smallest absolute Gasteiger partial charge is 0.263 e. The lowest BCUT2D eigenvalue weighted by atomic mass is 10.1. The lowest BCUT2D eigenvalue weighted by Crippen LogP contribution is -2.41. The van der Waals surface area contributed by atoms with Gasteiger partial charge in [-0.05, 0) is 48.1 Å². The Morgan fingerprint density at radius 3 is 2.78 bits per heavy atom. The third-order valence-electron chi connectivity index (χ3n) is 2.31. The molecule has 0 aliphatic carbocycles. The maximum absolute atomic E-state index is 12.1. The van der Waals surface area contributed by atoms with E-state index in [2.05, 4.69) is 31.4 Å². The molecule has 0 radical (unpaired) electrons. The lowest BCUT2D eigenvalue weighted by Gasteiger charge is -2.21. The van der Waals surface area contributed by atoms with Gasteiger partial charge in [-0.2, -0.15) is 4.98 Å². The topological polar surface area (TPSA) is 68.0 Å². The van der Waals surface area contributed by atoms with Crippen LogP contribution in [0.4, 0.5) is 0 Å². The second-order valence-corrected chi connectivity index (χ2v) is 6.09. The van der Waals surface area contributed by atoms with E-state index in [4.69, 9.17) is 4.52 Å². The number of nitrogens with one attached hydrogen (secondary N) is 1. The summed E-state index contributed by atoms with van der Waals surface area (Å²) in [6.07, 6.45) is 0. The van der Waals surface area contributed by atoms with E-state index in [1.165, 1.54) is 11.3 Å². The first-order chi connectivity index (χ1) is 8.40. The number of hydrogen-bond donors (Lipinski definition) is 1. The highest BCUT2D eigenvalue weighted by atomic mass is 79.9. The first-order valence-electron chi connectivity index (χ1n) is 5.26. The summed E-state index contributed by atoms with van der Waals surface area (Å²) in [6, 6.07) is 1.84. The van der Waals surface area contributed by atoms with Crippen molar-refractivity contribution in [3.8, 4) is 0 Å². The Balaban J connectivity index is 2.18. The van der Waals surface area contributed by atoms with E-state index in [0.717, 1.165) is 4.47 Å². The van der Waals surface area contributed by atoms with Crippen molar-refractivity contribution in [3.63, 3.8) is 0 Å². The van der Waals surface area contributed by atoms with Gasteiger partial charge in [0.25, 0.3) is 11.8 Å². The minimum absolute atomic E-state index is 0.169. The molecule has 18 heavy (non-hydrogen) atoms. The van der Waals surface area contributed by atoms with E-state index in [9.17, 15) is 4.79 Å². The lowest BCUT2D eigenvalue weighted by molar-refractivity contribution is 0.0898. The fraction of sp³-hybridized carbons (Fsp3) is 0.364. The Kier molecular flexibility index (Phi) is 3.54. The fourth-order valence-corrected chi connectivity index (χ4v) is 2.85. The fourth-order valence-electron chi connectivity index (χ4n) is 1.40. The first-order valence-corrected chi connectivity index (χ1v) is 6.94. The molecule has 1 N–H and O–H groups in total. The summed E-state index contributed by atoms with van der Waals surface area (Å²) in [4.78, 5) is 16.9. The summed E-state index contributed by atoms with van der Waals surface area (Å²) < 4.78 is 5.87. The summed E-state index contributed by atoms with van der Waals surface area (Å²) in [5.74, 6) is 0.767. The van der Waals surface area contributed by atoms with Gasteiger partial charge in [-0.1, -0.05) is 5.16 Å². The standard InChI is InChI=1S/C11H12BrN3O2S/c1-6-13-10(17-15-6)11(2,3)14-9(16)8-7(12)4-5-18-8/h4-5H,1-3H3,(H,14,16). The normalized spacial score (nSPS) is 11.6. The Labute approximate surface area is 117 Å². The third kappa shape index (κ3) is 2.62. The number of hydrogen-bond acceptors (Lipinski definition) is 5. The number of nitrogens with zero attached hydrogens (tertiary/aromatic N) is 2. The Hall–Kier alpha value is -1.21. The molecule has 96 valence electrons. The largest absolute Gasteiger partial charge is 0.337 e. The zero-order chi connectivity index (χ0) is 13.3. The van der Waals surface area contributed by atoms with Crippen LogP contribution in [0.5, 0.6) is 0 Å². The van der Waals surface area contributed by atoms with Gasteiger partial charge in [0, 0.05) is 4.47 Å². The second-order valence-electron chi connectivity index (χ2n) is 4.32. The van der Waals surface area contributed by atoms with Crippen LogP contribution in [0.3, 0.4) is 0 Å². The highest BCUT2D eigenvalue weighted by Gasteiger charge is 2.30. The maximum Gasteiger partial charge on any atom is 0.263 e. The molecule has 0 saturated heterocycles. The predicted octanol–water partition coefficient (Wildman–Crippen LogP) is 2.87. The first kappa shape index (κ1) is 13.2. The number of aryl methyl sites for hydroxylation is 1. The number of rotatable bonds is 3. The molecule has 7 heteroatoms. The van der Waals surface area contributed by atoms with Crippen LogP contribution in [0, 0.1) is 6.92 Å². The molecule has 0 atom stereocenters. The van der Waals surface area contributed by atoms with Gasteiger partial charge in [-0.25, -0.2) is 0 Å². The highest BCUT2D eigenvalue weighted by molar-refractivity contribution is 9.10. The molecule has 2 rings (SSSR count). The average molecular weight is 330 g/mol. The van der Waals surface area contributed by atoms with Crippen molar-refractivity contribution in [1.82, 2.24) is 15.5 Å². The minimum atomic E-state index is -0.707. The van der Waals surface area contributed by atoms with Crippen LogP contribution in [0.25, 0.3) is 0 Å². The van der Waals surface area contributed by atoms with Crippen molar-refractivity contribution in [2.75, 3.05) is 0 Å². The van der Waals surface area contributed by atoms with E-state index in [0.29, 0.717) is 16.6 Å². The van der Waals surface area contributed by atoms with E-state index in [1.807, 2.05) is 25.3 Å². The van der Waals surface area contributed by atoms with Gasteiger partial charge in [0.2, 0.25) is 0 Å². The van der Waals surface area contributed by atoms with Crippen LogP contribution in [-0.4, -0.2) is 16.0 Å². The summed E-state index contributed by atoms with van der Waals surface area (Å²) in [5.41, 5.74) is -0.707. The van der Waals surface area contributed by atoms with Crippen LogP contribution >= 0.6 is 27.3 Å². The molecule has 0 fully saturated rings. The molecule has 0 aliphatic heterocycles. The molecule has 0 saturated carbocycles. The van der Waals surface area contributed by atoms with Crippen LogP contribution in [0.15, 0.2) is 20.4 Å². The average Bonchev–Trinajstić information content (AvgIpc) is 2.86. The number of halogens is 1. The van der Waals surface area contributed by atoms with Gasteiger partial charge in [0.1, 0.15) is 10.4 Å². The maximum atomic E-state index is 12.1. The van der Waals surface area contributed by atoms with Gasteiger partial charge in [-0.3, -0.25) is 4.79 Å². The van der Waals surface area contributed by atoms with E-state index >= 15 is 0 Å². The summed E-state index contributed by atoms with van der Waals surface area (Å²) in [5, 5.41) is 8.45. The third-order valence-corrected chi connectivity index (χ3v) is 4.15. The number of carbonyl (C=O) groups excluding carboxylic acids is 1. The van der Waals surface area contributed by atoms with Crippen molar-refractivity contribution in [3.05, 3.63) is 32.5 Å². The van der Waals surface area contributed by atoms with Crippen molar-refractivity contribution in [1.29, 1.82) is 0 Å². The Morgan fingerprint density at radius 2 is 2.28 bits per heavy atom. The molecule has 0 aromatic carbocycles. The molecule has 2 heterocycles. The van der Waals surface area contributed by atoms with Crippen LogP contribution in [-0.2, 0) is 5.54 Å². The van der Waals surface area contributed by atoms with Crippen molar-refractivity contribution in [2.24, 2.45) is 0 Å². The SMILES string of the molecule is Cc1noc(C(C)(C)NC(=O)c2sccc2Br)n1. The molecule has 1 amide bonds. The molecule has 2 aromatic rings. The Bertz CT molecular complexity index is 576. The van der Waals surface area contributed by atoms with E-state index in [-0.39, 0.29) is 5.91 Å². The van der Waals surface area contributed by atoms with Gasteiger partial charge in [-0.15, -0.1) is 11.3 Å². The van der Waals surface area contributed by atoms with Crippen molar-refractivity contribution < 1.29 is 9.32 Å². The highest BCUT2D eigenvalue weighted by Crippen LogP contribution is 2.25. The number of thiophene rings is 1. The molecular formula is C11H12BrN3O2S. The quantitative estimate of drug-likeness (QED) is 0.940. The van der Waals surface area contributed by atoms with Crippen molar-refractivity contribution in [2.45, 2.75) is 26.3 Å². The van der Waals surface area contributed by atoms with E-state index < -0.39 is 5.54 Å². The monoisotopic (exact) mass is 329 g/mol. The van der Waals surface area contributed by atoms with Gasteiger partial charge in [0.15, 0.2) is 5.82 Å². The predicted molar refractivity (Wildman–Crippen MR) is 71.5 cm³/mol.